The van der Waals surface area contributed by atoms with Crippen LogP contribution in [-0.2, 0) is 0 Å². The van der Waals surface area contributed by atoms with Gasteiger partial charge in [-0.25, -0.2) is 0 Å². The normalized spacial score (nSPS) is 22.6. The number of hydrogen-bond acceptors (Lipinski definition) is 1. The molecule has 20 heavy (non-hydrogen) atoms. The SMILES string of the molecule is [CH2]CCN1[Si](C(C)C)(C(C)C)CC[Si]1(C(C)C)C(C)C. The van der Waals surface area contributed by atoms with Crippen molar-refractivity contribution in [3.8, 4) is 0 Å². The quantitative estimate of drug-likeness (QED) is 0.539. The van der Waals surface area contributed by atoms with E-state index in [4.69, 9.17) is 0 Å². The van der Waals surface area contributed by atoms with Gasteiger partial charge in [-0.2, -0.15) is 0 Å². The Hall–Kier alpha value is 0.394. The monoisotopic (exact) mass is 312 g/mol. The van der Waals surface area contributed by atoms with Crippen LogP contribution in [0.1, 0.15) is 61.8 Å². The van der Waals surface area contributed by atoms with Gasteiger partial charge >= 0.3 is 0 Å². The zero-order valence-corrected chi connectivity index (χ0v) is 17.3. The Morgan fingerprint density at radius 3 is 1.25 bits per heavy atom. The lowest BCUT2D eigenvalue weighted by Gasteiger charge is -2.53. The Morgan fingerprint density at radius 2 is 1.05 bits per heavy atom. The van der Waals surface area contributed by atoms with E-state index < -0.39 is 16.5 Å². The van der Waals surface area contributed by atoms with Crippen LogP contribution in [0.3, 0.4) is 0 Å². The van der Waals surface area contributed by atoms with Crippen molar-refractivity contribution in [2.24, 2.45) is 0 Å². The molecule has 0 bridgehead atoms. The van der Waals surface area contributed by atoms with Gasteiger partial charge in [0.2, 0.25) is 0 Å². The molecule has 1 rings (SSSR count). The van der Waals surface area contributed by atoms with Gasteiger partial charge in [0.15, 0.2) is 0 Å². The molecule has 0 N–H and O–H groups in total. The maximum atomic E-state index is 4.22. The Balaban J connectivity index is 3.38. The summed E-state index contributed by atoms with van der Waals surface area (Å²) in [7, 11) is -2.69. The first-order valence-corrected chi connectivity index (χ1v) is 13.4. The predicted octanol–water partition coefficient (Wildman–Crippen LogP) is 6.06. The highest BCUT2D eigenvalue weighted by atomic mass is 28.4. The zero-order chi connectivity index (χ0) is 15.7. The first-order valence-electron chi connectivity index (χ1n) is 8.74. The van der Waals surface area contributed by atoms with Crippen molar-refractivity contribution >= 4 is 16.5 Å². The zero-order valence-electron chi connectivity index (χ0n) is 15.3. The standard InChI is InChI=1S/C17H38NSi2/c1-10-11-18-19(14(2)3,15(4)5)12-13-20(18,16(6)7)17(8)9/h14-17H,1,10-13H2,2-9H3. The van der Waals surface area contributed by atoms with Crippen molar-refractivity contribution < 1.29 is 0 Å². The molecule has 3 heteroatoms. The molecule has 1 radical (unpaired) electrons. The molecule has 0 aromatic carbocycles. The highest BCUT2D eigenvalue weighted by molar-refractivity contribution is 6.99. The van der Waals surface area contributed by atoms with Gasteiger partial charge in [-0.3, -0.25) is 0 Å². The molecular weight excluding hydrogens is 274 g/mol. The van der Waals surface area contributed by atoms with Crippen LogP contribution in [0.4, 0.5) is 0 Å². The molecule has 0 aromatic rings. The topological polar surface area (TPSA) is 3.24 Å². The number of hydrogen-bond donors (Lipinski definition) is 0. The highest BCUT2D eigenvalue weighted by Crippen LogP contribution is 2.55. The fourth-order valence-corrected chi connectivity index (χ4v) is 24.6. The minimum Gasteiger partial charge on any atom is -0.344 e. The average Bonchev–Trinajstić information content (AvgIpc) is 2.66. The lowest BCUT2D eigenvalue weighted by molar-refractivity contribution is 0.554. The number of nitrogens with zero attached hydrogens (tertiary/aromatic N) is 1. The molecule has 1 saturated heterocycles. The third-order valence-corrected chi connectivity index (χ3v) is 21.9. The average molecular weight is 313 g/mol. The molecular formula is C17H38NSi2. The van der Waals surface area contributed by atoms with Crippen LogP contribution in [-0.4, -0.2) is 27.2 Å². The molecule has 0 spiro atoms. The molecule has 119 valence electrons. The van der Waals surface area contributed by atoms with Gasteiger partial charge in [0.25, 0.3) is 0 Å². The van der Waals surface area contributed by atoms with E-state index in [0.717, 1.165) is 28.6 Å². The lowest BCUT2D eigenvalue weighted by Crippen LogP contribution is -2.65. The summed E-state index contributed by atoms with van der Waals surface area (Å²) in [4.78, 5) is 0. The Labute approximate surface area is 130 Å². The van der Waals surface area contributed by atoms with Gasteiger partial charge < -0.3 is 4.23 Å². The fourth-order valence-electron chi connectivity index (χ4n) is 5.37. The minimum atomic E-state index is -1.34. The van der Waals surface area contributed by atoms with Gasteiger partial charge in [-0.1, -0.05) is 62.3 Å². The van der Waals surface area contributed by atoms with Crippen molar-refractivity contribution in [1.29, 1.82) is 0 Å². The molecule has 1 heterocycles. The van der Waals surface area contributed by atoms with E-state index >= 15 is 0 Å². The summed E-state index contributed by atoms with van der Waals surface area (Å²) in [5.74, 6) is 0. The fraction of sp³-hybridized carbons (Fsp3) is 0.941. The smallest absolute Gasteiger partial charge is 0.126 e. The van der Waals surface area contributed by atoms with Crippen LogP contribution in [0.5, 0.6) is 0 Å². The molecule has 1 aliphatic heterocycles. The third kappa shape index (κ3) is 2.59. The van der Waals surface area contributed by atoms with Crippen LogP contribution >= 0.6 is 0 Å². The Morgan fingerprint density at radius 1 is 0.750 bits per heavy atom. The van der Waals surface area contributed by atoms with E-state index in [1.807, 2.05) is 0 Å². The predicted molar refractivity (Wildman–Crippen MR) is 98.2 cm³/mol. The molecule has 1 nitrogen and oxygen atoms in total. The summed E-state index contributed by atoms with van der Waals surface area (Å²) in [6.07, 6.45) is 1.09. The van der Waals surface area contributed by atoms with Crippen LogP contribution in [0.2, 0.25) is 34.3 Å². The van der Waals surface area contributed by atoms with E-state index in [-0.39, 0.29) is 0 Å². The maximum Gasteiger partial charge on any atom is 0.126 e. The molecule has 1 fully saturated rings. The highest BCUT2D eigenvalue weighted by Gasteiger charge is 2.61. The van der Waals surface area contributed by atoms with Crippen LogP contribution in [0.25, 0.3) is 0 Å². The summed E-state index contributed by atoms with van der Waals surface area (Å²) in [6, 6.07) is 3.09. The van der Waals surface area contributed by atoms with Crippen LogP contribution in [0.15, 0.2) is 0 Å². The summed E-state index contributed by atoms with van der Waals surface area (Å²) in [6.45, 7) is 25.5. The van der Waals surface area contributed by atoms with Crippen molar-refractivity contribution in [3.63, 3.8) is 0 Å². The Bertz CT molecular complexity index is 266. The lowest BCUT2D eigenvalue weighted by atomic mass is 10.5. The van der Waals surface area contributed by atoms with E-state index in [9.17, 15) is 0 Å². The molecule has 0 aliphatic carbocycles. The minimum absolute atomic E-state index is 0.876. The molecule has 0 aromatic heterocycles. The second-order valence-corrected chi connectivity index (χ2v) is 19.2. The Kier molecular flexibility index (Phi) is 6.14. The third-order valence-electron chi connectivity index (χ3n) is 6.31. The maximum absolute atomic E-state index is 4.22. The molecule has 0 atom stereocenters. The van der Waals surface area contributed by atoms with Crippen molar-refractivity contribution in [2.75, 3.05) is 6.54 Å². The number of rotatable bonds is 6. The largest absolute Gasteiger partial charge is 0.344 e. The molecule has 0 unspecified atom stereocenters. The van der Waals surface area contributed by atoms with Gasteiger partial charge in [-0.15, -0.1) is 0 Å². The summed E-state index contributed by atoms with van der Waals surface area (Å²) < 4.78 is 3.18. The molecule has 0 amide bonds. The first-order chi connectivity index (χ1) is 9.17. The second kappa shape index (κ2) is 6.66. The van der Waals surface area contributed by atoms with Gasteiger partial charge in [0.1, 0.15) is 16.5 Å². The van der Waals surface area contributed by atoms with Crippen molar-refractivity contribution in [3.05, 3.63) is 6.92 Å². The summed E-state index contributed by atoms with van der Waals surface area (Å²) in [5, 5.41) is 0. The van der Waals surface area contributed by atoms with E-state index in [0.29, 0.717) is 0 Å². The molecule has 0 saturated carbocycles. The summed E-state index contributed by atoms with van der Waals surface area (Å²) in [5.41, 5.74) is 3.50. The second-order valence-electron chi connectivity index (χ2n) is 8.11. The summed E-state index contributed by atoms with van der Waals surface area (Å²) >= 11 is 0. The van der Waals surface area contributed by atoms with E-state index in [1.165, 1.54) is 6.54 Å². The van der Waals surface area contributed by atoms with Gasteiger partial charge in [0, 0.05) is 0 Å². The van der Waals surface area contributed by atoms with Crippen molar-refractivity contribution in [1.82, 2.24) is 4.23 Å². The van der Waals surface area contributed by atoms with Gasteiger partial charge in [-0.05, 0) is 47.2 Å². The van der Waals surface area contributed by atoms with E-state index in [2.05, 4.69) is 66.5 Å². The van der Waals surface area contributed by atoms with Crippen LogP contribution in [0, 0.1) is 6.92 Å². The van der Waals surface area contributed by atoms with Gasteiger partial charge in [0.05, 0.1) is 0 Å². The first kappa shape index (κ1) is 18.4. The van der Waals surface area contributed by atoms with Crippen molar-refractivity contribution in [2.45, 2.75) is 96.1 Å². The van der Waals surface area contributed by atoms with E-state index in [1.54, 1.807) is 12.1 Å². The van der Waals surface area contributed by atoms with Crippen LogP contribution < -0.4 is 0 Å². The molecule has 1 aliphatic rings.